The highest BCUT2D eigenvalue weighted by atomic mass is 15.3. The standard InChI is InChI=1S/C13H25N5/c1-13(2,14)10-18-8-7-16(3)11(9-18)12-15-5-6-17(12)4/h5-6,11H,7-10,14H2,1-4H3. The molecule has 5 heteroatoms. The molecule has 1 saturated heterocycles. The Morgan fingerprint density at radius 3 is 2.67 bits per heavy atom. The van der Waals surface area contributed by atoms with Gasteiger partial charge in [-0.3, -0.25) is 9.80 Å². The molecule has 0 saturated carbocycles. The van der Waals surface area contributed by atoms with Crippen LogP contribution in [-0.2, 0) is 7.05 Å². The Labute approximate surface area is 110 Å². The summed E-state index contributed by atoms with van der Waals surface area (Å²) >= 11 is 0. The normalized spacial score (nSPS) is 23.5. The lowest BCUT2D eigenvalue weighted by Gasteiger charge is -2.41. The van der Waals surface area contributed by atoms with Gasteiger partial charge in [-0.05, 0) is 20.9 Å². The van der Waals surface area contributed by atoms with Crippen molar-refractivity contribution < 1.29 is 0 Å². The summed E-state index contributed by atoms with van der Waals surface area (Å²) in [5.74, 6) is 1.14. The minimum Gasteiger partial charge on any atom is -0.337 e. The zero-order valence-electron chi connectivity index (χ0n) is 11.9. The van der Waals surface area contributed by atoms with Gasteiger partial charge in [0.1, 0.15) is 5.82 Å². The van der Waals surface area contributed by atoms with Crippen molar-refractivity contribution in [1.29, 1.82) is 0 Å². The molecule has 1 aliphatic heterocycles. The Morgan fingerprint density at radius 1 is 1.39 bits per heavy atom. The Morgan fingerprint density at radius 2 is 2.11 bits per heavy atom. The average Bonchev–Trinajstić information content (AvgIpc) is 2.65. The van der Waals surface area contributed by atoms with Gasteiger partial charge in [-0.15, -0.1) is 0 Å². The molecule has 0 bridgehead atoms. The molecule has 5 nitrogen and oxygen atoms in total. The number of hydrogen-bond acceptors (Lipinski definition) is 4. The number of aromatic nitrogens is 2. The first-order chi connectivity index (χ1) is 8.37. The van der Waals surface area contributed by atoms with Crippen LogP contribution in [0.15, 0.2) is 12.4 Å². The molecule has 102 valence electrons. The van der Waals surface area contributed by atoms with Crippen LogP contribution < -0.4 is 5.73 Å². The van der Waals surface area contributed by atoms with Crippen LogP contribution in [0.2, 0.25) is 0 Å². The molecular formula is C13H25N5. The van der Waals surface area contributed by atoms with Crippen molar-refractivity contribution in [2.24, 2.45) is 12.8 Å². The lowest BCUT2D eigenvalue weighted by Crippen LogP contribution is -2.53. The molecule has 2 N–H and O–H groups in total. The quantitative estimate of drug-likeness (QED) is 0.847. The molecule has 2 heterocycles. The average molecular weight is 251 g/mol. The SMILES string of the molecule is CN1CCN(CC(C)(C)N)CC1c1nccn1C. The highest BCUT2D eigenvalue weighted by Crippen LogP contribution is 2.22. The van der Waals surface area contributed by atoms with Gasteiger partial charge in [0.15, 0.2) is 0 Å². The molecule has 2 rings (SSSR count). The Balaban J connectivity index is 2.08. The van der Waals surface area contributed by atoms with Crippen LogP contribution in [0, 0.1) is 0 Å². The second kappa shape index (κ2) is 4.99. The molecular weight excluding hydrogens is 226 g/mol. The summed E-state index contributed by atoms with van der Waals surface area (Å²) in [6, 6.07) is 0.362. The van der Waals surface area contributed by atoms with Gasteiger partial charge in [-0.2, -0.15) is 0 Å². The van der Waals surface area contributed by atoms with Crippen molar-refractivity contribution in [2.75, 3.05) is 33.2 Å². The summed E-state index contributed by atoms with van der Waals surface area (Å²) in [6.45, 7) is 8.25. The zero-order chi connectivity index (χ0) is 13.3. The van der Waals surface area contributed by atoms with E-state index in [0.29, 0.717) is 6.04 Å². The minimum absolute atomic E-state index is 0.137. The summed E-state index contributed by atoms with van der Waals surface area (Å²) in [5.41, 5.74) is 5.98. The van der Waals surface area contributed by atoms with Crippen LogP contribution in [-0.4, -0.2) is 58.1 Å². The lowest BCUT2D eigenvalue weighted by atomic mass is 10.0. The Kier molecular flexibility index (Phi) is 3.75. The minimum atomic E-state index is -0.137. The number of rotatable bonds is 3. The predicted octanol–water partition coefficient (Wildman–Crippen LogP) is 0.446. The Hall–Kier alpha value is -0.910. The van der Waals surface area contributed by atoms with E-state index in [1.807, 2.05) is 12.4 Å². The highest BCUT2D eigenvalue weighted by molar-refractivity contribution is 5.02. The maximum atomic E-state index is 6.12. The summed E-state index contributed by atoms with van der Waals surface area (Å²) in [6.07, 6.45) is 3.88. The largest absolute Gasteiger partial charge is 0.337 e. The molecule has 0 aliphatic carbocycles. The third-order valence-electron chi connectivity index (χ3n) is 3.52. The van der Waals surface area contributed by atoms with Crippen LogP contribution in [0.1, 0.15) is 25.7 Å². The first-order valence-corrected chi connectivity index (χ1v) is 6.55. The van der Waals surface area contributed by atoms with Crippen molar-refractivity contribution >= 4 is 0 Å². The monoisotopic (exact) mass is 251 g/mol. The number of hydrogen-bond donors (Lipinski definition) is 1. The third-order valence-corrected chi connectivity index (χ3v) is 3.52. The number of piperazine rings is 1. The van der Waals surface area contributed by atoms with Crippen molar-refractivity contribution in [2.45, 2.75) is 25.4 Å². The van der Waals surface area contributed by atoms with E-state index in [2.05, 4.69) is 47.3 Å². The van der Waals surface area contributed by atoms with E-state index in [1.165, 1.54) is 0 Å². The lowest BCUT2D eigenvalue weighted by molar-refractivity contribution is 0.0770. The molecule has 1 atom stereocenters. The van der Waals surface area contributed by atoms with Gasteiger partial charge in [0.2, 0.25) is 0 Å². The number of nitrogens with two attached hydrogens (primary N) is 1. The molecule has 1 unspecified atom stereocenters. The van der Waals surface area contributed by atoms with E-state index in [-0.39, 0.29) is 5.54 Å². The molecule has 0 radical (unpaired) electrons. The van der Waals surface area contributed by atoms with E-state index in [1.54, 1.807) is 0 Å². The van der Waals surface area contributed by atoms with Crippen LogP contribution in [0.5, 0.6) is 0 Å². The molecule has 1 aliphatic rings. The second-order valence-corrected chi connectivity index (χ2v) is 6.12. The van der Waals surface area contributed by atoms with E-state index in [9.17, 15) is 0 Å². The van der Waals surface area contributed by atoms with Gasteiger partial charge >= 0.3 is 0 Å². The zero-order valence-corrected chi connectivity index (χ0v) is 11.9. The number of likely N-dealkylation sites (N-methyl/N-ethyl adjacent to an activating group) is 1. The fourth-order valence-corrected chi connectivity index (χ4v) is 2.63. The van der Waals surface area contributed by atoms with Crippen LogP contribution in [0.3, 0.4) is 0 Å². The van der Waals surface area contributed by atoms with Crippen LogP contribution in [0.25, 0.3) is 0 Å². The first kappa shape index (κ1) is 13.5. The maximum Gasteiger partial charge on any atom is 0.127 e. The van der Waals surface area contributed by atoms with E-state index < -0.39 is 0 Å². The van der Waals surface area contributed by atoms with Crippen molar-refractivity contribution in [3.05, 3.63) is 18.2 Å². The second-order valence-electron chi connectivity index (χ2n) is 6.12. The fourth-order valence-electron chi connectivity index (χ4n) is 2.63. The van der Waals surface area contributed by atoms with Crippen molar-refractivity contribution in [3.8, 4) is 0 Å². The first-order valence-electron chi connectivity index (χ1n) is 6.55. The molecule has 1 aromatic rings. The van der Waals surface area contributed by atoms with Gasteiger partial charge in [0, 0.05) is 51.2 Å². The highest BCUT2D eigenvalue weighted by Gasteiger charge is 2.30. The van der Waals surface area contributed by atoms with Gasteiger partial charge in [0.25, 0.3) is 0 Å². The van der Waals surface area contributed by atoms with E-state index in [0.717, 1.165) is 32.0 Å². The van der Waals surface area contributed by atoms with Gasteiger partial charge in [0.05, 0.1) is 6.04 Å². The number of imidazole rings is 1. The van der Waals surface area contributed by atoms with E-state index >= 15 is 0 Å². The topological polar surface area (TPSA) is 50.3 Å². The molecule has 1 aromatic heterocycles. The van der Waals surface area contributed by atoms with Gasteiger partial charge in [-0.25, -0.2) is 4.98 Å². The summed E-state index contributed by atoms with van der Waals surface area (Å²) in [4.78, 5) is 9.31. The molecule has 18 heavy (non-hydrogen) atoms. The summed E-state index contributed by atoms with van der Waals surface area (Å²) in [7, 11) is 4.23. The number of nitrogens with zero attached hydrogens (tertiary/aromatic N) is 4. The molecule has 0 amide bonds. The van der Waals surface area contributed by atoms with Crippen molar-refractivity contribution in [1.82, 2.24) is 19.4 Å². The van der Waals surface area contributed by atoms with Gasteiger partial charge in [-0.1, -0.05) is 0 Å². The summed E-state index contributed by atoms with van der Waals surface area (Å²) < 4.78 is 2.11. The maximum absolute atomic E-state index is 6.12. The Bertz CT molecular complexity index is 392. The molecule has 1 fully saturated rings. The van der Waals surface area contributed by atoms with Gasteiger partial charge < -0.3 is 10.3 Å². The van der Waals surface area contributed by atoms with Crippen LogP contribution in [0.4, 0.5) is 0 Å². The number of aryl methyl sites for hydroxylation is 1. The summed E-state index contributed by atoms with van der Waals surface area (Å²) in [5, 5.41) is 0. The molecule has 0 spiro atoms. The van der Waals surface area contributed by atoms with Crippen LogP contribution >= 0.6 is 0 Å². The third kappa shape index (κ3) is 3.10. The fraction of sp³-hybridized carbons (Fsp3) is 0.769. The predicted molar refractivity (Wildman–Crippen MR) is 73.3 cm³/mol. The van der Waals surface area contributed by atoms with E-state index in [4.69, 9.17) is 5.73 Å². The smallest absolute Gasteiger partial charge is 0.127 e. The molecule has 0 aromatic carbocycles. The van der Waals surface area contributed by atoms with Crippen molar-refractivity contribution in [3.63, 3.8) is 0 Å².